The Morgan fingerprint density at radius 3 is 2.47 bits per heavy atom. The minimum Gasteiger partial charge on any atom is -0.381 e. The Balaban J connectivity index is 1.16. The lowest BCUT2D eigenvalue weighted by Crippen LogP contribution is -2.39. The van der Waals surface area contributed by atoms with Crippen LogP contribution in [0.5, 0.6) is 0 Å². The summed E-state index contributed by atoms with van der Waals surface area (Å²) < 4.78 is 5.36. The molecule has 0 atom stereocenters. The SMILES string of the molecule is O=C(Nc1ccccc1C(=O)NC1CCOCC1)c1csc(NC2CCN(c3ncccn3)CC2)n1. The van der Waals surface area contributed by atoms with Crippen molar-refractivity contribution >= 4 is 39.9 Å². The molecule has 0 unspecified atom stereocenters. The van der Waals surface area contributed by atoms with Gasteiger partial charge < -0.3 is 25.6 Å². The molecule has 4 heterocycles. The molecular weight excluding hydrogens is 478 g/mol. The summed E-state index contributed by atoms with van der Waals surface area (Å²) in [6.45, 7) is 2.99. The highest BCUT2D eigenvalue weighted by Crippen LogP contribution is 2.23. The van der Waals surface area contributed by atoms with E-state index in [4.69, 9.17) is 4.74 Å². The quantitative estimate of drug-likeness (QED) is 0.446. The van der Waals surface area contributed by atoms with Crippen LogP contribution in [-0.2, 0) is 4.74 Å². The lowest BCUT2D eigenvalue weighted by molar-refractivity contribution is 0.0697. The van der Waals surface area contributed by atoms with E-state index in [1.54, 1.807) is 42.0 Å². The van der Waals surface area contributed by atoms with Gasteiger partial charge in [-0.1, -0.05) is 12.1 Å². The fourth-order valence-electron chi connectivity index (χ4n) is 4.38. The first-order chi connectivity index (χ1) is 17.7. The van der Waals surface area contributed by atoms with E-state index in [1.807, 2.05) is 6.07 Å². The Labute approximate surface area is 213 Å². The Morgan fingerprint density at radius 1 is 0.944 bits per heavy atom. The summed E-state index contributed by atoms with van der Waals surface area (Å²) in [7, 11) is 0. The highest BCUT2D eigenvalue weighted by atomic mass is 32.1. The molecule has 0 aliphatic carbocycles. The number of anilines is 3. The van der Waals surface area contributed by atoms with Gasteiger partial charge in [-0.15, -0.1) is 11.3 Å². The molecule has 2 aromatic heterocycles. The third kappa shape index (κ3) is 5.97. The highest BCUT2D eigenvalue weighted by Gasteiger charge is 2.23. The fraction of sp³-hybridized carbons (Fsp3) is 0.400. The number of rotatable bonds is 7. The number of hydrogen-bond donors (Lipinski definition) is 3. The van der Waals surface area contributed by atoms with Crippen LogP contribution < -0.4 is 20.9 Å². The highest BCUT2D eigenvalue weighted by molar-refractivity contribution is 7.13. The molecule has 188 valence electrons. The minimum atomic E-state index is -0.346. The van der Waals surface area contributed by atoms with E-state index in [0.717, 1.165) is 44.7 Å². The number of aromatic nitrogens is 3. The van der Waals surface area contributed by atoms with E-state index in [1.165, 1.54) is 11.3 Å². The molecule has 2 saturated heterocycles. The van der Waals surface area contributed by atoms with Gasteiger partial charge in [0.1, 0.15) is 5.69 Å². The Bertz CT molecular complexity index is 1180. The van der Waals surface area contributed by atoms with Crippen LogP contribution in [0.2, 0.25) is 0 Å². The van der Waals surface area contributed by atoms with Crippen molar-refractivity contribution in [2.45, 2.75) is 37.8 Å². The smallest absolute Gasteiger partial charge is 0.275 e. The van der Waals surface area contributed by atoms with Crippen molar-refractivity contribution in [3.8, 4) is 0 Å². The zero-order chi connectivity index (χ0) is 24.7. The van der Waals surface area contributed by atoms with Crippen LogP contribution >= 0.6 is 11.3 Å². The third-order valence-electron chi connectivity index (χ3n) is 6.37. The second-order valence-electron chi connectivity index (χ2n) is 8.85. The molecule has 2 aliphatic rings. The molecule has 11 heteroatoms. The molecule has 0 radical (unpaired) electrons. The van der Waals surface area contributed by atoms with E-state index in [9.17, 15) is 9.59 Å². The van der Waals surface area contributed by atoms with E-state index < -0.39 is 0 Å². The van der Waals surface area contributed by atoms with Gasteiger partial charge in [0.2, 0.25) is 5.95 Å². The van der Waals surface area contributed by atoms with Crippen LogP contribution in [0.25, 0.3) is 0 Å². The number of para-hydroxylation sites is 1. The number of carbonyl (C=O) groups excluding carboxylic acids is 2. The van der Waals surface area contributed by atoms with E-state index in [0.29, 0.717) is 35.3 Å². The summed E-state index contributed by atoms with van der Waals surface area (Å²) in [6, 6.07) is 9.18. The third-order valence-corrected chi connectivity index (χ3v) is 7.14. The van der Waals surface area contributed by atoms with E-state index >= 15 is 0 Å². The molecule has 3 aromatic rings. The monoisotopic (exact) mass is 507 g/mol. The average Bonchev–Trinajstić information content (AvgIpc) is 3.39. The number of carbonyl (C=O) groups is 2. The van der Waals surface area contributed by atoms with Gasteiger partial charge in [0.05, 0.1) is 11.3 Å². The van der Waals surface area contributed by atoms with Crippen molar-refractivity contribution in [1.82, 2.24) is 20.3 Å². The molecule has 36 heavy (non-hydrogen) atoms. The Hall–Kier alpha value is -3.57. The van der Waals surface area contributed by atoms with Crippen LogP contribution in [0, 0.1) is 0 Å². The molecule has 10 nitrogen and oxygen atoms in total. The summed E-state index contributed by atoms with van der Waals surface area (Å²) in [6.07, 6.45) is 6.93. The van der Waals surface area contributed by atoms with Crippen molar-refractivity contribution < 1.29 is 14.3 Å². The van der Waals surface area contributed by atoms with Gasteiger partial charge >= 0.3 is 0 Å². The Kier molecular flexibility index (Phi) is 7.67. The maximum Gasteiger partial charge on any atom is 0.275 e. The molecule has 3 N–H and O–H groups in total. The van der Waals surface area contributed by atoms with E-state index in [2.05, 4.69) is 35.8 Å². The van der Waals surface area contributed by atoms with Gasteiger partial charge in [0, 0.05) is 56.2 Å². The number of nitrogens with one attached hydrogen (secondary N) is 3. The standard InChI is InChI=1S/C25H29N7O3S/c33-22(28-18-8-14-35-15-9-18)19-4-1-2-5-20(19)30-23(34)21-16-36-25(31-21)29-17-6-12-32(13-7-17)24-26-10-3-11-27-24/h1-5,10-11,16-18H,6-9,12-15H2,(H,28,33)(H,29,31)(H,30,34). The second-order valence-corrected chi connectivity index (χ2v) is 9.71. The number of hydrogen-bond acceptors (Lipinski definition) is 9. The van der Waals surface area contributed by atoms with E-state index in [-0.39, 0.29) is 23.9 Å². The number of amides is 2. The summed E-state index contributed by atoms with van der Waals surface area (Å²) >= 11 is 1.40. The van der Waals surface area contributed by atoms with Crippen LogP contribution in [0.3, 0.4) is 0 Å². The number of ether oxygens (including phenoxy) is 1. The fourth-order valence-corrected chi connectivity index (χ4v) is 5.15. The number of nitrogens with zero attached hydrogens (tertiary/aromatic N) is 4. The van der Waals surface area contributed by atoms with Gasteiger partial charge in [-0.3, -0.25) is 9.59 Å². The molecule has 2 aliphatic heterocycles. The average molecular weight is 508 g/mol. The van der Waals surface area contributed by atoms with Gasteiger partial charge in [0.25, 0.3) is 11.8 Å². The molecule has 2 amide bonds. The first kappa shape index (κ1) is 24.1. The molecule has 1 aromatic carbocycles. The Morgan fingerprint density at radius 2 is 1.69 bits per heavy atom. The molecule has 2 fully saturated rings. The van der Waals surface area contributed by atoms with Gasteiger partial charge in [-0.05, 0) is 43.9 Å². The molecule has 0 bridgehead atoms. The van der Waals surface area contributed by atoms with Crippen molar-refractivity contribution in [2.24, 2.45) is 0 Å². The first-order valence-corrected chi connectivity index (χ1v) is 13.1. The predicted molar refractivity (Wildman–Crippen MR) is 139 cm³/mol. The summed E-state index contributed by atoms with van der Waals surface area (Å²) in [5.74, 6) is 0.207. The summed E-state index contributed by atoms with van der Waals surface area (Å²) in [5.41, 5.74) is 1.21. The zero-order valence-corrected chi connectivity index (χ0v) is 20.7. The maximum absolute atomic E-state index is 12.9. The number of thiazole rings is 1. The predicted octanol–water partition coefficient (Wildman–Crippen LogP) is 3.18. The van der Waals surface area contributed by atoms with Crippen molar-refractivity contribution in [2.75, 3.05) is 41.8 Å². The summed E-state index contributed by atoms with van der Waals surface area (Å²) in [4.78, 5) is 41.1. The topological polar surface area (TPSA) is 121 Å². The normalized spacial score (nSPS) is 16.9. The zero-order valence-electron chi connectivity index (χ0n) is 19.9. The lowest BCUT2D eigenvalue weighted by Gasteiger charge is -2.32. The molecule has 0 saturated carbocycles. The van der Waals surface area contributed by atoms with Crippen LogP contribution in [0.15, 0.2) is 48.1 Å². The lowest BCUT2D eigenvalue weighted by atomic mass is 10.1. The maximum atomic E-state index is 12.9. The van der Waals surface area contributed by atoms with Gasteiger partial charge in [-0.2, -0.15) is 0 Å². The van der Waals surface area contributed by atoms with Gasteiger partial charge in [0.15, 0.2) is 5.13 Å². The summed E-state index contributed by atoms with van der Waals surface area (Å²) in [5, 5.41) is 11.8. The second kappa shape index (κ2) is 11.4. The van der Waals surface area contributed by atoms with Gasteiger partial charge in [-0.25, -0.2) is 15.0 Å². The van der Waals surface area contributed by atoms with Crippen LogP contribution in [0.1, 0.15) is 46.5 Å². The number of benzene rings is 1. The first-order valence-electron chi connectivity index (χ1n) is 12.2. The largest absolute Gasteiger partial charge is 0.381 e. The van der Waals surface area contributed by atoms with Crippen molar-refractivity contribution in [3.05, 3.63) is 59.4 Å². The van der Waals surface area contributed by atoms with Crippen molar-refractivity contribution in [3.63, 3.8) is 0 Å². The van der Waals surface area contributed by atoms with Crippen molar-refractivity contribution in [1.29, 1.82) is 0 Å². The minimum absolute atomic E-state index is 0.0780. The number of piperidine rings is 1. The molecule has 0 spiro atoms. The molecular formula is C25H29N7O3S. The molecule has 5 rings (SSSR count). The van der Waals surface area contributed by atoms with Crippen LogP contribution in [-0.4, -0.2) is 65.2 Å². The van der Waals surface area contributed by atoms with Crippen LogP contribution in [0.4, 0.5) is 16.8 Å².